The van der Waals surface area contributed by atoms with Crippen molar-refractivity contribution in [1.29, 1.82) is 0 Å². The molecule has 9 nitrogen and oxygen atoms in total. The summed E-state index contributed by atoms with van der Waals surface area (Å²) in [5.41, 5.74) is 2.00. The maximum Gasteiger partial charge on any atom is 0.274 e. The Morgan fingerprint density at radius 3 is 2.81 bits per heavy atom. The third-order valence-electron chi connectivity index (χ3n) is 6.23. The minimum Gasteiger partial charge on any atom is -0.495 e. The van der Waals surface area contributed by atoms with Gasteiger partial charge in [0.25, 0.3) is 5.91 Å². The molecule has 4 heterocycles. The number of hydrogen-bond donors (Lipinski definition) is 1. The molecule has 3 aliphatic rings. The summed E-state index contributed by atoms with van der Waals surface area (Å²) in [5.74, 6) is -0.177. The fourth-order valence-electron chi connectivity index (χ4n) is 4.73. The lowest BCUT2D eigenvalue weighted by Crippen LogP contribution is -2.41. The summed E-state index contributed by atoms with van der Waals surface area (Å²) >= 11 is 0. The number of methoxy groups -OCH3 is 1. The summed E-state index contributed by atoms with van der Waals surface area (Å²) in [7, 11) is -2.22. The van der Waals surface area contributed by atoms with Crippen LogP contribution in [-0.2, 0) is 20.3 Å². The van der Waals surface area contributed by atoms with E-state index in [1.165, 1.54) is 7.11 Å². The Kier molecular flexibility index (Phi) is 5.23. The molecule has 0 bridgehead atoms. The van der Waals surface area contributed by atoms with E-state index in [4.69, 9.17) is 14.6 Å². The number of nitrogens with zero attached hydrogens (tertiary/aromatic N) is 3. The molecule has 1 aromatic heterocycles. The molecule has 1 aromatic carbocycles. The highest BCUT2D eigenvalue weighted by molar-refractivity contribution is 7.91. The fourth-order valence-corrected chi connectivity index (χ4v) is 6.49. The van der Waals surface area contributed by atoms with Gasteiger partial charge in [-0.05, 0) is 25.5 Å². The minimum absolute atomic E-state index is 0.0496. The number of hydrogen-bond acceptors (Lipinski definition) is 7. The zero-order valence-electron chi connectivity index (χ0n) is 17.5. The Labute approximate surface area is 181 Å². The molecule has 2 saturated heterocycles. The first kappa shape index (κ1) is 20.5. The molecule has 10 heteroatoms. The van der Waals surface area contributed by atoms with Crippen molar-refractivity contribution in [3.8, 4) is 17.0 Å². The fraction of sp³-hybridized carbons (Fsp3) is 0.524. The molecule has 2 fully saturated rings. The quantitative estimate of drug-likeness (QED) is 0.757. The molecule has 3 aliphatic heterocycles. The van der Waals surface area contributed by atoms with Crippen LogP contribution in [-0.4, -0.2) is 75.5 Å². The second-order valence-corrected chi connectivity index (χ2v) is 10.0. The van der Waals surface area contributed by atoms with E-state index in [-0.39, 0.29) is 28.3 Å². The van der Waals surface area contributed by atoms with Crippen LogP contribution in [0.3, 0.4) is 0 Å². The van der Waals surface area contributed by atoms with Gasteiger partial charge >= 0.3 is 0 Å². The molecule has 5 rings (SSSR count). The largest absolute Gasteiger partial charge is 0.495 e. The van der Waals surface area contributed by atoms with Gasteiger partial charge in [-0.3, -0.25) is 9.48 Å². The second-order valence-electron chi connectivity index (χ2n) is 8.12. The van der Waals surface area contributed by atoms with E-state index in [1.54, 1.807) is 23.1 Å². The number of morpholine rings is 1. The number of aromatic nitrogens is 2. The number of amides is 1. The molecule has 31 heavy (non-hydrogen) atoms. The second kappa shape index (κ2) is 7.92. The van der Waals surface area contributed by atoms with Gasteiger partial charge < -0.3 is 19.7 Å². The van der Waals surface area contributed by atoms with Crippen molar-refractivity contribution >= 4 is 15.7 Å². The predicted molar refractivity (Wildman–Crippen MR) is 113 cm³/mol. The van der Waals surface area contributed by atoms with E-state index in [1.807, 2.05) is 4.68 Å². The molecule has 0 spiro atoms. The van der Waals surface area contributed by atoms with Crippen LogP contribution in [0.25, 0.3) is 11.3 Å². The van der Waals surface area contributed by atoms with Crippen molar-refractivity contribution in [3.05, 3.63) is 29.5 Å². The van der Waals surface area contributed by atoms with Crippen molar-refractivity contribution in [1.82, 2.24) is 20.0 Å². The van der Waals surface area contributed by atoms with Crippen molar-refractivity contribution in [2.45, 2.75) is 29.5 Å². The number of piperidine rings is 1. The summed E-state index contributed by atoms with van der Waals surface area (Å²) in [6, 6.07) is 5.27. The highest BCUT2D eigenvalue weighted by Crippen LogP contribution is 2.45. The molecule has 2 aromatic rings. The van der Waals surface area contributed by atoms with Gasteiger partial charge in [0.2, 0.25) is 0 Å². The predicted octanol–water partition coefficient (Wildman–Crippen LogP) is 1.24. The Morgan fingerprint density at radius 2 is 2.10 bits per heavy atom. The molecule has 0 aliphatic carbocycles. The summed E-state index contributed by atoms with van der Waals surface area (Å²) in [5, 5.41) is 8.14. The van der Waals surface area contributed by atoms with Crippen LogP contribution in [0.5, 0.6) is 5.75 Å². The summed E-state index contributed by atoms with van der Waals surface area (Å²) in [6.45, 7) is 3.56. The van der Waals surface area contributed by atoms with Crippen molar-refractivity contribution < 1.29 is 22.7 Å². The number of rotatable bonds is 3. The number of benzene rings is 1. The maximum atomic E-state index is 13.4. The van der Waals surface area contributed by atoms with Gasteiger partial charge in [-0.15, -0.1) is 0 Å². The highest BCUT2D eigenvalue weighted by atomic mass is 32.2. The molecular weight excluding hydrogens is 420 g/mol. The Morgan fingerprint density at radius 1 is 1.29 bits per heavy atom. The average Bonchev–Trinajstić information content (AvgIpc) is 3.18. The summed E-state index contributed by atoms with van der Waals surface area (Å²) < 4.78 is 39.2. The number of ether oxygens (including phenoxy) is 2. The summed E-state index contributed by atoms with van der Waals surface area (Å²) in [4.78, 5) is 15.3. The number of carbonyl (C=O) groups excluding carboxylic acids is 1. The zero-order valence-corrected chi connectivity index (χ0v) is 18.3. The molecule has 1 N–H and O–H groups in total. The maximum absolute atomic E-state index is 13.4. The first-order valence-electron chi connectivity index (χ1n) is 10.6. The molecular formula is C21H26N4O5S. The lowest BCUT2D eigenvalue weighted by Gasteiger charge is -2.27. The standard InChI is InChI=1S/C21H26N4O5S/c1-29-17-6-2-5-15-19-16(13-31(27,28)20(15)17)18(21(26)24-8-10-30-11-9-24)23-25(19)14-4-3-7-22-12-14/h2,5-6,14,22H,3-4,7-13H2,1H3/t14-/m0/s1. The Bertz CT molecular complexity index is 1120. The average molecular weight is 447 g/mol. The number of sulfone groups is 1. The number of carbonyl (C=O) groups is 1. The third-order valence-corrected chi connectivity index (χ3v) is 7.94. The van der Waals surface area contributed by atoms with Crippen molar-refractivity contribution in [2.75, 3.05) is 46.5 Å². The molecule has 0 saturated carbocycles. The van der Waals surface area contributed by atoms with Gasteiger partial charge in [-0.25, -0.2) is 8.42 Å². The van der Waals surface area contributed by atoms with E-state index < -0.39 is 9.84 Å². The number of fused-ring (bicyclic) bond motifs is 3. The Balaban J connectivity index is 1.71. The van der Waals surface area contributed by atoms with Crippen molar-refractivity contribution in [2.24, 2.45) is 0 Å². The smallest absolute Gasteiger partial charge is 0.274 e. The van der Waals surface area contributed by atoms with Gasteiger partial charge in [0.1, 0.15) is 10.6 Å². The van der Waals surface area contributed by atoms with Crippen LogP contribution in [0.4, 0.5) is 0 Å². The van der Waals surface area contributed by atoms with E-state index in [2.05, 4.69) is 5.32 Å². The molecule has 166 valence electrons. The lowest BCUT2D eigenvalue weighted by molar-refractivity contribution is 0.0297. The molecule has 1 amide bonds. The minimum atomic E-state index is -3.69. The zero-order chi connectivity index (χ0) is 21.6. The SMILES string of the molecule is COc1cccc2c1S(=O)(=O)Cc1c(C(=O)N3CCOCC3)nn([C@H]3CCCNC3)c1-2. The highest BCUT2D eigenvalue weighted by Gasteiger charge is 2.40. The van der Waals surface area contributed by atoms with E-state index >= 15 is 0 Å². The van der Waals surface area contributed by atoms with E-state index in [0.717, 1.165) is 25.9 Å². The van der Waals surface area contributed by atoms with Gasteiger partial charge in [0.05, 0.1) is 37.8 Å². The van der Waals surface area contributed by atoms with Gasteiger partial charge in [-0.1, -0.05) is 12.1 Å². The first-order chi connectivity index (χ1) is 15.0. The van der Waals surface area contributed by atoms with Crippen LogP contribution in [0, 0.1) is 0 Å². The van der Waals surface area contributed by atoms with Crippen molar-refractivity contribution in [3.63, 3.8) is 0 Å². The van der Waals surface area contributed by atoms with Crippen LogP contribution < -0.4 is 10.1 Å². The van der Waals surface area contributed by atoms with Crippen LogP contribution >= 0.6 is 0 Å². The topological polar surface area (TPSA) is 103 Å². The van der Waals surface area contributed by atoms with Gasteiger partial charge in [0.15, 0.2) is 15.5 Å². The monoisotopic (exact) mass is 446 g/mol. The number of nitrogens with one attached hydrogen (secondary N) is 1. The summed E-state index contributed by atoms with van der Waals surface area (Å²) in [6.07, 6.45) is 1.91. The molecule has 1 atom stereocenters. The van der Waals surface area contributed by atoms with Gasteiger partial charge in [-0.2, -0.15) is 5.10 Å². The lowest BCUT2D eigenvalue weighted by atomic mass is 10.0. The van der Waals surface area contributed by atoms with Crippen LogP contribution in [0.15, 0.2) is 23.1 Å². The van der Waals surface area contributed by atoms with E-state index in [9.17, 15) is 13.2 Å². The normalized spacial score (nSPS) is 22.5. The van der Waals surface area contributed by atoms with E-state index in [0.29, 0.717) is 48.9 Å². The molecule has 0 unspecified atom stereocenters. The first-order valence-corrected chi connectivity index (χ1v) is 12.3. The molecule has 0 radical (unpaired) electrons. The van der Waals surface area contributed by atoms with Gasteiger partial charge in [0, 0.05) is 30.8 Å². The van der Waals surface area contributed by atoms with Crippen LogP contribution in [0.2, 0.25) is 0 Å². The van der Waals surface area contributed by atoms with Crippen LogP contribution in [0.1, 0.15) is 34.9 Å². The Hall–Kier alpha value is -2.43. The third kappa shape index (κ3) is 3.42.